The first kappa shape index (κ1) is 15.1. The molecule has 3 amide bonds. The zero-order valence-corrected chi connectivity index (χ0v) is 13.1. The van der Waals surface area contributed by atoms with E-state index in [1.54, 1.807) is 38.3 Å². The first-order valence-electron chi connectivity index (χ1n) is 7.38. The second-order valence-electron chi connectivity index (χ2n) is 5.77. The van der Waals surface area contributed by atoms with Gasteiger partial charge in [0.2, 0.25) is 0 Å². The lowest BCUT2D eigenvalue weighted by atomic mass is 9.93. The van der Waals surface area contributed by atoms with E-state index in [4.69, 9.17) is 4.74 Å². The molecule has 1 aliphatic rings. The van der Waals surface area contributed by atoms with Gasteiger partial charge in [0.15, 0.2) is 0 Å². The Bertz CT molecular complexity index is 745. The molecule has 3 rings (SSSR count). The molecule has 5 nitrogen and oxygen atoms in total. The Morgan fingerprint density at radius 3 is 2.52 bits per heavy atom. The lowest BCUT2D eigenvalue weighted by molar-refractivity contribution is -0.121. The van der Waals surface area contributed by atoms with Gasteiger partial charge in [-0.05, 0) is 24.6 Å². The van der Waals surface area contributed by atoms with Crippen LogP contribution in [0.5, 0.6) is 5.75 Å². The van der Waals surface area contributed by atoms with E-state index in [0.717, 1.165) is 5.56 Å². The van der Waals surface area contributed by atoms with Crippen molar-refractivity contribution in [2.45, 2.75) is 18.9 Å². The van der Waals surface area contributed by atoms with Crippen LogP contribution in [0.2, 0.25) is 0 Å². The summed E-state index contributed by atoms with van der Waals surface area (Å²) in [6, 6.07) is 16.1. The summed E-state index contributed by atoms with van der Waals surface area (Å²) in [4.78, 5) is 26.4. The SMILES string of the molecule is COc1cccc(N2C(=O)N[C@](C)(Cc3ccccc3)C2=O)c1. The quantitative estimate of drug-likeness (QED) is 0.883. The predicted molar refractivity (Wildman–Crippen MR) is 87.6 cm³/mol. The highest BCUT2D eigenvalue weighted by atomic mass is 16.5. The van der Waals surface area contributed by atoms with Crippen LogP contribution < -0.4 is 15.0 Å². The van der Waals surface area contributed by atoms with E-state index in [1.165, 1.54) is 4.90 Å². The number of carbonyl (C=O) groups excluding carboxylic acids is 2. The summed E-state index contributed by atoms with van der Waals surface area (Å²) >= 11 is 0. The highest BCUT2D eigenvalue weighted by molar-refractivity contribution is 6.23. The first-order chi connectivity index (χ1) is 11.0. The molecule has 1 saturated heterocycles. The Kier molecular flexibility index (Phi) is 3.78. The normalized spacial score (nSPS) is 20.5. The standard InChI is InChI=1S/C18H18N2O3/c1-18(12-13-7-4-3-5-8-13)16(21)20(17(22)19-18)14-9-6-10-15(11-14)23-2/h3-11H,12H2,1-2H3,(H,19,22)/t18-/m1/s1. The summed E-state index contributed by atoms with van der Waals surface area (Å²) in [5, 5.41) is 2.81. The first-order valence-corrected chi connectivity index (χ1v) is 7.38. The number of imide groups is 1. The number of benzene rings is 2. The summed E-state index contributed by atoms with van der Waals surface area (Å²) in [6.45, 7) is 1.75. The van der Waals surface area contributed by atoms with Gasteiger partial charge in [0.05, 0.1) is 12.8 Å². The average molecular weight is 310 g/mol. The zero-order chi connectivity index (χ0) is 16.4. The molecule has 1 fully saturated rings. The van der Waals surface area contributed by atoms with Gasteiger partial charge < -0.3 is 10.1 Å². The minimum atomic E-state index is -0.957. The fourth-order valence-electron chi connectivity index (χ4n) is 2.79. The Labute approximate surface area is 134 Å². The molecule has 23 heavy (non-hydrogen) atoms. The zero-order valence-electron chi connectivity index (χ0n) is 13.1. The third kappa shape index (κ3) is 2.77. The van der Waals surface area contributed by atoms with Crippen molar-refractivity contribution in [1.82, 2.24) is 5.32 Å². The van der Waals surface area contributed by atoms with Crippen LogP contribution in [0.4, 0.5) is 10.5 Å². The Balaban J connectivity index is 1.90. The number of nitrogens with one attached hydrogen (secondary N) is 1. The Morgan fingerprint density at radius 1 is 1.09 bits per heavy atom. The highest BCUT2D eigenvalue weighted by Crippen LogP contribution is 2.29. The average Bonchev–Trinajstić information content (AvgIpc) is 2.77. The van der Waals surface area contributed by atoms with Gasteiger partial charge in [-0.15, -0.1) is 0 Å². The van der Waals surface area contributed by atoms with Gasteiger partial charge in [0.1, 0.15) is 11.3 Å². The van der Waals surface area contributed by atoms with Crippen molar-refractivity contribution < 1.29 is 14.3 Å². The monoisotopic (exact) mass is 310 g/mol. The molecule has 0 unspecified atom stereocenters. The third-order valence-corrected chi connectivity index (χ3v) is 3.97. The van der Waals surface area contributed by atoms with E-state index in [-0.39, 0.29) is 5.91 Å². The summed E-state index contributed by atoms with van der Waals surface area (Å²) in [6.07, 6.45) is 0.443. The van der Waals surface area contributed by atoms with E-state index in [1.807, 2.05) is 30.3 Å². The van der Waals surface area contributed by atoms with Crippen molar-refractivity contribution in [3.05, 3.63) is 60.2 Å². The summed E-state index contributed by atoms with van der Waals surface area (Å²) < 4.78 is 5.16. The number of amides is 3. The van der Waals surface area contributed by atoms with E-state index in [9.17, 15) is 9.59 Å². The van der Waals surface area contributed by atoms with Gasteiger partial charge in [-0.3, -0.25) is 4.79 Å². The lowest BCUT2D eigenvalue weighted by Gasteiger charge is -2.21. The maximum atomic E-state index is 12.8. The second-order valence-corrected chi connectivity index (χ2v) is 5.77. The molecule has 0 saturated carbocycles. The van der Waals surface area contributed by atoms with Crippen molar-refractivity contribution in [2.24, 2.45) is 0 Å². The topological polar surface area (TPSA) is 58.6 Å². The second kappa shape index (κ2) is 5.76. The van der Waals surface area contributed by atoms with Crippen molar-refractivity contribution in [2.75, 3.05) is 12.0 Å². The molecule has 1 heterocycles. The molecule has 0 aliphatic carbocycles. The maximum Gasteiger partial charge on any atom is 0.329 e. The van der Waals surface area contributed by atoms with E-state index < -0.39 is 11.6 Å². The van der Waals surface area contributed by atoms with Gasteiger partial charge in [-0.2, -0.15) is 0 Å². The molecule has 0 radical (unpaired) electrons. The smallest absolute Gasteiger partial charge is 0.329 e. The summed E-state index contributed by atoms with van der Waals surface area (Å²) in [7, 11) is 1.55. The van der Waals surface area contributed by atoms with Crippen LogP contribution in [0.25, 0.3) is 0 Å². The number of anilines is 1. The maximum absolute atomic E-state index is 12.8. The lowest BCUT2D eigenvalue weighted by Crippen LogP contribution is -2.46. The molecule has 0 spiro atoms. The van der Waals surface area contributed by atoms with Crippen molar-refractivity contribution >= 4 is 17.6 Å². The molecular formula is C18H18N2O3. The van der Waals surface area contributed by atoms with Crippen molar-refractivity contribution in [3.63, 3.8) is 0 Å². The molecule has 118 valence electrons. The van der Waals surface area contributed by atoms with Gasteiger partial charge in [0.25, 0.3) is 5.91 Å². The largest absolute Gasteiger partial charge is 0.497 e. The molecule has 1 N–H and O–H groups in total. The highest BCUT2D eigenvalue weighted by Gasteiger charge is 2.48. The fraction of sp³-hybridized carbons (Fsp3) is 0.222. The van der Waals surface area contributed by atoms with Crippen LogP contribution in [-0.2, 0) is 11.2 Å². The van der Waals surface area contributed by atoms with Crippen molar-refractivity contribution in [1.29, 1.82) is 0 Å². The molecule has 1 aliphatic heterocycles. The van der Waals surface area contributed by atoms with E-state index >= 15 is 0 Å². The van der Waals surface area contributed by atoms with Gasteiger partial charge in [-0.25, -0.2) is 9.69 Å². The number of rotatable bonds is 4. The van der Waals surface area contributed by atoms with Crippen LogP contribution in [0.3, 0.4) is 0 Å². The van der Waals surface area contributed by atoms with Crippen LogP contribution in [0.15, 0.2) is 54.6 Å². The Morgan fingerprint density at radius 2 is 1.83 bits per heavy atom. The summed E-state index contributed by atoms with van der Waals surface area (Å²) in [5.74, 6) is 0.333. The minimum absolute atomic E-state index is 0.264. The van der Waals surface area contributed by atoms with E-state index in [0.29, 0.717) is 17.9 Å². The van der Waals surface area contributed by atoms with E-state index in [2.05, 4.69) is 5.32 Å². The molecule has 5 heteroatoms. The molecule has 2 aromatic carbocycles. The predicted octanol–water partition coefficient (Wildman–Crippen LogP) is 2.75. The van der Waals surface area contributed by atoms with Crippen LogP contribution in [-0.4, -0.2) is 24.6 Å². The van der Waals surface area contributed by atoms with Gasteiger partial charge >= 0.3 is 6.03 Å². The number of carbonyl (C=O) groups is 2. The molecule has 2 aromatic rings. The third-order valence-electron chi connectivity index (χ3n) is 3.97. The molecule has 0 bridgehead atoms. The van der Waals surface area contributed by atoms with Crippen LogP contribution in [0, 0.1) is 0 Å². The number of hydrogen-bond acceptors (Lipinski definition) is 3. The summed E-state index contributed by atoms with van der Waals surface area (Å²) in [5.41, 5.74) is 0.543. The number of methoxy groups -OCH3 is 1. The number of nitrogens with zero attached hydrogens (tertiary/aromatic N) is 1. The Hall–Kier alpha value is -2.82. The van der Waals surface area contributed by atoms with Gasteiger partial charge in [0, 0.05) is 12.5 Å². The molecular weight excluding hydrogens is 292 g/mol. The number of urea groups is 1. The van der Waals surface area contributed by atoms with Crippen LogP contribution in [0.1, 0.15) is 12.5 Å². The minimum Gasteiger partial charge on any atom is -0.497 e. The number of ether oxygens (including phenoxy) is 1. The van der Waals surface area contributed by atoms with Crippen molar-refractivity contribution in [3.8, 4) is 5.75 Å². The number of hydrogen-bond donors (Lipinski definition) is 1. The molecule has 1 atom stereocenters. The van der Waals surface area contributed by atoms with Crippen LogP contribution >= 0.6 is 0 Å². The fourth-order valence-corrected chi connectivity index (χ4v) is 2.79. The molecule has 0 aromatic heterocycles. The van der Waals surface area contributed by atoms with Gasteiger partial charge in [-0.1, -0.05) is 36.4 Å².